The molecule has 2 heterocycles. The molecule has 3 rings (SSSR count). The van der Waals surface area contributed by atoms with Crippen molar-refractivity contribution in [3.63, 3.8) is 0 Å². The molecule has 0 atom stereocenters. The number of unbranched alkanes of at least 4 members (excludes halogenated alkanes) is 1. The first-order valence-electron chi connectivity index (χ1n) is 10.4. The molecule has 0 saturated heterocycles. The first kappa shape index (κ1) is 21.6. The lowest BCUT2D eigenvalue weighted by atomic mass is 10.1. The molecule has 0 fully saturated rings. The van der Waals surface area contributed by atoms with Crippen LogP contribution in [0.1, 0.15) is 48.8 Å². The number of ether oxygens (including phenoxy) is 2. The molecule has 0 aliphatic rings. The molecule has 7 nitrogen and oxygen atoms in total. The molecule has 7 heteroatoms. The Morgan fingerprint density at radius 1 is 1.20 bits per heavy atom. The molecule has 3 aromatic rings. The highest BCUT2D eigenvalue weighted by atomic mass is 16.5. The number of aromatic nitrogens is 3. The van der Waals surface area contributed by atoms with Crippen LogP contribution >= 0.6 is 0 Å². The van der Waals surface area contributed by atoms with Gasteiger partial charge in [0.25, 0.3) is 0 Å². The van der Waals surface area contributed by atoms with E-state index in [0.717, 1.165) is 41.1 Å². The lowest BCUT2D eigenvalue weighted by Crippen LogP contribution is -2.15. The van der Waals surface area contributed by atoms with Crippen molar-refractivity contribution in [1.29, 1.82) is 0 Å². The number of nitrogens with one attached hydrogen (secondary N) is 1. The van der Waals surface area contributed by atoms with Gasteiger partial charge in [-0.3, -0.25) is 4.79 Å². The fourth-order valence-electron chi connectivity index (χ4n) is 3.44. The van der Waals surface area contributed by atoms with Crippen molar-refractivity contribution < 1.29 is 14.3 Å². The Morgan fingerprint density at radius 3 is 2.73 bits per heavy atom. The molecule has 0 radical (unpaired) electrons. The van der Waals surface area contributed by atoms with Gasteiger partial charge in [0.2, 0.25) is 5.91 Å². The summed E-state index contributed by atoms with van der Waals surface area (Å²) in [6.45, 7) is 8.66. The quantitative estimate of drug-likeness (QED) is 0.529. The van der Waals surface area contributed by atoms with E-state index in [9.17, 15) is 4.79 Å². The number of carbonyl (C=O) groups is 1. The number of nitrogens with zero attached hydrogens (tertiary/aromatic N) is 3. The number of hydrogen-bond donors (Lipinski definition) is 1. The van der Waals surface area contributed by atoms with E-state index in [1.165, 1.54) is 0 Å². The number of aryl methyl sites for hydroxylation is 3. The number of hydrogen-bond acceptors (Lipinski definition) is 5. The molecule has 0 aliphatic heterocycles. The Balaban J connectivity index is 1.72. The van der Waals surface area contributed by atoms with Crippen molar-refractivity contribution >= 4 is 17.2 Å². The number of benzene rings is 1. The number of amides is 1. The van der Waals surface area contributed by atoms with Gasteiger partial charge in [-0.1, -0.05) is 13.3 Å². The van der Waals surface area contributed by atoms with Gasteiger partial charge < -0.3 is 14.8 Å². The van der Waals surface area contributed by atoms with Crippen molar-refractivity contribution in [2.75, 3.05) is 19.0 Å². The average molecular weight is 411 g/mol. The Kier molecular flexibility index (Phi) is 6.92. The van der Waals surface area contributed by atoms with Crippen LogP contribution in [-0.4, -0.2) is 34.2 Å². The zero-order chi connectivity index (χ0) is 21.7. The molecule has 0 bridgehead atoms. The zero-order valence-electron chi connectivity index (χ0n) is 18.4. The maximum absolute atomic E-state index is 12.7. The molecule has 1 N–H and O–H groups in total. The van der Waals surface area contributed by atoms with Crippen molar-refractivity contribution in [2.24, 2.45) is 0 Å². The summed E-state index contributed by atoms with van der Waals surface area (Å²) in [4.78, 5) is 17.3. The highest BCUT2D eigenvalue weighted by Crippen LogP contribution is 2.30. The number of fused-ring (bicyclic) bond motifs is 1. The van der Waals surface area contributed by atoms with E-state index in [4.69, 9.17) is 9.47 Å². The second-order valence-corrected chi connectivity index (χ2v) is 7.43. The Hall–Kier alpha value is -3.09. The fourth-order valence-corrected chi connectivity index (χ4v) is 3.44. The summed E-state index contributed by atoms with van der Waals surface area (Å²) in [6.07, 6.45) is 2.92. The minimum Gasteiger partial charge on any atom is -0.497 e. The highest BCUT2D eigenvalue weighted by Gasteiger charge is 2.14. The predicted molar refractivity (Wildman–Crippen MR) is 118 cm³/mol. The summed E-state index contributed by atoms with van der Waals surface area (Å²) < 4.78 is 13.0. The number of carbonyl (C=O) groups excluding carboxylic acids is 1. The summed E-state index contributed by atoms with van der Waals surface area (Å²) in [5.74, 6) is 1.24. The van der Waals surface area contributed by atoms with Gasteiger partial charge in [0.15, 0.2) is 5.65 Å². The van der Waals surface area contributed by atoms with Gasteiger partial charge in [-0.15, -0.1) is 0 Å². The minimum absolute atomic E-state index is 0.0841. The molecule has 0 spiro atoms. The summed E-state index contributed by atoms with van der Waals surface area (Å²) in [6, 6.07) is 7.40. The van der Waals surface area contributed by atoms with Crippen molar-refractivity contribution in [1.82, 2.24) is 14.6 Å². The van der Waals surface area contributed by atoms with E-state index in [0.29, 0.717) is 36.6 Å². The average Bonchev–Trinajstić information content (AvgIpc) is 3.09. The van der Waals surface area contributed by atoms with Crippen LogP contribution in [0.5, 0.6) is 11.5 Å². The fraction of sp³-hybridized carbons (Fsp3) is 0.435. The van der Waals surface area contributed by atoms with Crippen molar-refractivity contribution in [3.05, 3.63) is 46.9 Å². The minimum atomic E-state index is -0.0841. The van der Waals surface area contributed by atoms with Crippen LogP contribution < -0.4 is 14.8 Å². The van der Waals surface area contributed by atoms with E-state index in [1.54, 1.807) is 13.2 Å². The molecule has 1 amide bonds. The Labute approximate surface area is 177 Å². The number of methoxy groups -OCH3 is 1. The van der Waals surface area contributed by atoms with Crippen molar-refractivity contribution in [2.45, 2.75) is 53.4 Å². The lowest BCUT2D eigenvalue weighted by molar-refractivity contribution is -0.116. The normalized spacial score (nSPS) is 11.0. The number of rotatable bonds is 9. The third kappa shape index (κ3) is 4.90. The van der Waals surface area contributed by atoms with Crippen LogP contribution in [0.3, 0.4) is 0 Å². The molecule has 0 aliphatic carbocycles. The van der Waals surface area contributed by atoms with Gasteiger partial charge in [0.1, 0.15) is 11.5 Å². The van der Waals surface area contributed by atoms with Crippen molar-refractivity contribution in [3.8, 4) is 11.5 Å². The largest absolute Gasteiger partial charge is 0.497 e. The van der Waals surface area contributed by atoms with Crippen LogP contribution in [-0.2, 0) is 11.2 Å². The van der Waals surface area contributed by atoms with Crippen LogP contribution in [0, 0.1) is 20.8 Å². The van der Waals surface area contributed by atoms with Gasteiger partial charge in [-0.2, -0.15) is 5.10 Å². The van der Waals surface area contributed by atoms with Gasteiger partial charge in [0.05, 0.1) is 25.1 Å². The lowest BCUT2D eigenvalue weighted by Gasteiger charge is -2.14. The molecular formula is C23H30N4O3. The first-order chi connectivity index (χ1) is 14.4. The number of anilines is 1. The van der Waals surface area contributed by atoms with E-state index < -0.39 is 0 Å². The molecular weight excluding hydrogens is 380 g/mol. The topological polar surface area (TPSA) is 77.8 Å². The highest BCUT2D eigenvalue weighted by molar-refractivity contribution is 5.92. The first-order valence-corrected chi connectivity index (χ1v) is 10.4. The van der Waals surface area contributed by atoms with Gasteiger partial charge in [-0.25, -0.2) is 9.50 Å². The maximum atomic E-state index is 12.7. The van der Waals surface area contributed by atoms with E-state index >= 15 is 0 Å². The standard InChI is InChI=1S/C23H30N4O3/c1-6-7-12-30-21-10-8-18(29-5)14-20(21)25-23(28)11-9-19-16(3)24-22-13-15(2)26-27(22)17(19)4/h8,10,13-14H,6-7,9,11-12H2,1-5H3,(H,25,28). The SMILES string of the molecule is CCCCOc1ccc(OC)cc1NC(=O)CCc1c(C)nc2cc(C)nn2c1C. The van der Waals surface area contributed by atoms with Gasteiger partial charge in [0, 0.05) is 29.9 Å². The smallest absolute Gasteiger partial charge is 0.224 e. The molecule has 2 aromatic heterocycles. The second kappa shape index (κ2) is 9.61. The third-order valence-corrected chi connectivity index (χ3v) is 5.10. The monoisotopic (exact) mass is 410 g/mol. The zero-order valence-corrected chi connectivity index (χ0v) is 18.4. The molecule has 0 saturated carbocycles. The molecule has 160 valence electrons. The van der Waals surface area contributed by atoms with Crippen LogP contribution in [0.2, 0.25) is 0 Å². The van der Waals surface area contributed by atoms with Gasteiger partial charge >= 0.3 is 0 Å². The summed E-state index contributed by atoms with van der Waals surface area (Å²) in [7, 11) is 1.60. The molecule has 30 heavy (non-hydrogen) atoms. The molecule has 1 aromatic carbocycles. The summed E-state index contributed by atoms with van der Waals surface area (Å²) in [5, 5.41) is 7.47. The maximum Gasteiger partial charge on any atom is 0.224 e. The third-order valence-electron chi connectivity index (χ3n) is 5.10. The Morgan fingerprint density at radius 2 is 2.00 bits per heavy atom. The second-order valence-electron chi connectivity index (χ2n) is 7.43. The van der Waals surface area contributed by atoms with E-state index in [1.807, 2.05) is 43.5 Å². The van der Waals surface area contributed by atoms with Crippen LogP contribution in [0.25, 0.3) is 5.65 Å². The van der Waals surface area contributed by atoms with Gasteiger partial charge in [-0.05, 0) is 51.3 Å². The molecule has 0 unspecified atom stereocenters. The Bertz CT molecular complexity index is 1040. The summed E-state index contributed by atoms with van der Waals surface area (Å²) >= 11 is 0. The van der Waals surface area contributed by atoms with Crippen LogP contribution in [0.4, 0.5) is 5.69 Å². The summed E-state index contributed by atoms with van der Waals surface area (Å²) in [5.41, 5.74) is 5.38. The van der Waals surface area contributed by atoms with E-state index in [2.05, 4.69) is 22.3 Å². The van der Waals surface area contributed by atoms with Crippen LogP contribution in [0.15, 0.2) is 24.3 Å². The predicted octanol–water partition coefficient (Wildman–Crippen LogP) is 4.41. The van der Waals surface area contributed by atoms with E-state index in [-0.39, 0.29) is 5.91 Å².